The summed E-state index contributed by atoms with van der Waals surface area (Å²) in [7, 11) is 0. The Hall–Kier alpha value is -4.33. The normalized spacial score (nSPS) is 15.4. The molecule has 0 aliphatic carbocycles. The predicted molar refractivity (Wildman–Crippen MR) is 238 cm³/mol. The number of aromatic nitrogens is 1. The number of benzene rings is 6. The van der Waals surface area contributed by atoms with E-state index in [1.807, 2.05) is 20.8 Å². The first-order valence-corrected chi connectivity index (χ1v) is 25.3. The Balaban J connectivity index is 1.50. The van der Waals surface area contributed by atoms with Gasteiger partial charge in [0, 0.05) is 0 Å². The molecule has 0 radical (unpaired) electrons. The molecule has 8 rings (SSSR count). The number of ether oxygens (including phenoxy) is 2. The first-order chi connectivity index (χ1) is 26.5. The Kier molecular flexibility index (Phi) is 9.78. The van der Waals surface area contributed by atoms with Gasteiger partial charge >= 0.3 is 336 Å². The van der Waals surface area contributed by atoms with E-state index in [9.17, 15) is 0 Å². The van der Waals surface area contributed by atoms with E-state index in [0.29, 0.717) is 18.9 Å². The van der Waals surface area contributed by atoms with E-state index in [0.717, 1.165) is 60.1 Å². The molecular weight excluding hydrogens is 755 g/mol. The molecule has 3 nitrogen and oxygen atoms in total. The van der Waals surface area contributed by atoms with Crippen LogP contribution >= 0.6 is 34.4 Å². The summed E-state index contributed by atoms with van der Waals surface area (Å²) in [4.78, 5) is 5.58. The van der Waals surface area contributed by atoms with Crippen molar-refractivity contribution in [2.24, 2.45) is 0 Å². The third kappa shape index (κ3) is 6.22. The zero-order valence-corrected chi connectivity index (χ0v) is 34.7. The van der Waals surface area contributed by atoms with Gasteiger partial charge < -0.3 is 0 Å². The second-order valence-electron chi connectivity index (χ2n) is 14.9. The fourth-order valence-electron chi connectivity index (χ4n) is 8.43. The van der Waals surface area contributed by atoms with Crippen molar-refractivity contribution in [3.63, 3.8) is 0 Å². The summed E-state index contributed by atoms with van der Waals surface area (Å²) < 4.78 is 13.2. The molecule has 0 saturated heterocycles. The molecule has 1 aliphatic rings. The van der Waals surface area contributed by atoms with Crippen LogP contribution in [0.15, 0.2) is 182 Å². The number of aryl methyl sites for hydroxylation is 1. The first-order valence-electron chi connectivity index (χ1n) is 18.7. The average molecular weight is 801 g/mol. The molecule has 7 aromatic rings. The number of rotatable bonds is 10. The summed E-state index contributed by atoms with van der Waals surface area (Å²) >= 11 is 17.7. The molecule has 1 aromatic heterocycles. The van der Waals surface area contributed by atoms with Crippen molar-refractivity contribution in [1.82, 2.24) is 4.98 Å². The van der Waals surface area contributed by atoms with Crippen molar-refractivity contribution in [3.05, 3.63) is 205 Å². The quantitative estimate of drug-likeness (QED) is 0.129. The Morgan fingerprint density at radius 2 is 0.818 bits per heavy atom. The molecule has 0 N–H and O–H groups in total. The van der Waals surface area contributed by atoms with E-state index in [-0.39, 0.29) is 0 Å². The fraction of sp³-hybridized carbons (Fsp3) is 0.146. The Bertz CT molecular complexity index is 2230. The molecule has 278 valence electrons. The topological polar surface area (TPSA) is 31.4 Å². The van der Waals surface area contributed by atoms with Crippen LogP contribution in [0.25, 0.3) is 0 Å². The van der Waals surface area contributed by atoms with Gasteiger partial charge in [0.1, 0.15) is 0 Å². The van der Waals surface area contributed by atoms with Crippen molar-refractivity contribution < 1.29 is 9.47 Å². The molecule has 0 bridgehead atoms. The maximum atomic E-state index is 8.87. The van der Waals surface area contributed by atoms with E-state index in [1.54, 1.807) is 0 Å². The number of hydrogen-bond acceptors (Lipinski definition) is 3. The van der Waals surface area contributed by atoms with E-state index in [2.05, 4.69) is 182 Å². The van der Waals surface area contributed by atoms with Crippen LogP contribution in [0.3, 0.4) is 0 Å². The second kappa shape index (κ2) is 14.3. The van der Waals surface area contributed by atoms with Crippen LogP contribution < -0.4 is 36.6 Å². The summed E-state index contributed by atoms with van der Waals surface area (Å²) in [5.41, 5.74) is 3.67. The minimum absolute atomic E-state index is 0.343. The van der Waals surface area contributed by atoms with E-state index >= 15 is 0 Å². The first kappa shape index (κ1) is 37.6. The van der Waals surface area contributed by atoms with Crippen LogP contribution in [0.4, 0.5) is 0 Å². The maximum absolute atomic E-state index is 8.87. The minimum atomic E-state index is -3.89. The number of pyridine rings is 1. The zero-order valence-electron chi connectivity index (χ0n) is 31.4. The Labute approximate surface area is 334 Å². The predicted octanol–water partition coefficient (Wildman–Crippen LogP) is 10.4. The summed E-state index contributed by atoms with van der Waals surface area (Å²) in [5, 5.41) is 6.43. The van der Waals surface area contributed by atoms with Crippen LogP contribution in [-0.2, 0) is 23.7 Å². The van der Waals surface area contributed by atoms with Gasteiger partial charge in [0.2, 0.25) is 0 Å². The van der Waals surface area contributed by atoms with Gasteiger partial charge in [-0.25, -0.2) is 0 Å². The van der Waals surface area contributed by atoms with Gasteiger partial charge in [-0.1, -0.05) is 0 Å². The molecule has 1 aliphatic heterocycles. The summed E-state index contributed by atoms with van der Waals surface area (Å²) in [6, 6.07) is 63.7. The van der Waals surface area contributed by atoms with Crippen molar-refractivity contribution in [1.29, 1.82) is 0 Å². The van der Waals surface area contributed by atoms with Crippen molar-refractivity contribution in [2.45, 2.75) is 45.5 Å². The van der Waals surface area contributed by atoms with E-state index in [1.165, 1.54) is 0 Å². The van der Waals surface area contributed by atoms with Gasteiger partial charge in [-0.05, 0) is 0 Å². The van der Waals surface area contributed by atoms with Gasteiger partial charge in [0.05, 0.1) is 0 Å². The summed E-state index contributed by atoms with van der Waals surface area (Å²) in [6.45, 7) is 6.29. The molecule has 2 heterocycles. The second-order valence-corrected chi connectivity index (χ2v) is 27.9. The van der Waals surface area contributed by atoms with Crippen LogP contribution in [0.2, 0.25) is 0 Å². The van der Waals surface area contributed by atoms with E-state index < -0.39 is 17.7 Å². The molecule has 0 atom stereocenters. The Morgan fingerprint density at radius 1 is 0.509 bits per heavy atom. The van der Waals surface area contributed by atoms with Crippen LogP contribution in [0.5, 0.6) is 5.75 Å². The van der Waals surface area contributed by atoms with Crippen molar-refractivity contribution in [2.75, 3.05) is 0 Å². The Morgan fingerprint density at radius 3 is 1.15 bits per heavy atom. The molecule has 0 spiro atoms. The van der Waals surface area contributed by atoms with Crippen LogP contribution in [0, 0.1) is 6.92 Å². The SMILES string of the molecule is Cc1nc(CP(Cl)(c2ccccc2)(c2ccccc2)c2ccccc2)c(CP(Cl)(c2ccccc2)(c2ccccc2)c2ccccc2)c2c1OC(C)(C)OC2. The molecular formula is C48H45Cl2NO2P2. The number of nitrogens with zero attached hydrogens (tertiary/aromatic N) is 1. The third-order valence-corrected chi connectivity index (χ3v) is 25.5. The van der Waals surface area contributed by atoms with Crippen molar-refractivity contribution in [3.8, 4) is 5.75 Å². The standard InChI is InChI=1S/C48H45Cl2NO2P2/c1-37-47-44(34-52-48(2,3)53-47)45(35-54(49,38-22-10-4-11-23-38,39-24-12-5-13-25-39)40-26-14-6-15-27-40)46(51-37)36-55(50,41-28-16-7-17-29-41,42-30-18-8-19-31-42)43-32-20-9-21-33-43/h4-33H,34-36H2,1-3H3. The van der Waals surface area contributed by atoms with Gasteiger partial charge in [-0.15, -0.1) is 0 Å². The summed E-state index contributed by atoms with van der Waals surface area (Å²) in [6.07, 6.45) is 0.908. The van der Waals surface area contributed by atoms with Gasteiger partial charge in [-0.3, -0.25) is 0 Å². The molecule has 0 saturated carbocycles. The molecule has 0 amide bonds. The molecule has 7 heteroatoms. The van der Waals surface area contributed by atoms with Gasteiger partial charge in [-0.2, -0.15) is 0 Å². The van der Waals surface area contributed by atoms with Gasteiger partial charge in [0.25, 0.3) is 0 Å². The number of halogens is 2. The molecule has 0 unspecified atom stereocenters. The zero-order chi connectivity index (χ0) is 38.2. The average Bonchev–Trinajstić information content (AvgIpc) is 3.24. The van der Waals surface area contributed by atoms with Crippen LogP contribution in [0.1, 0.15) is 36.4 Å². The molecule has 0 fully saturated rings. The van der Waals surface area contributed by atoms with E-state index in [4.69, 9.17) is 36.9 Å². The van der Waals surface area contributed by atoms with Gasteiger partial charge in [0.15, 0.2) is 0 Å². The monoisotopic (exact) mass is 799 g/mol. The third-order valence-electron chi connectivity index (χ3n) is 11.2. The fourth-order valence-corrected chi connectivity index (χ4v) is 20.6. The van der Waals surface area contributed by atoms with Crippen molar-refractivity contribution >= 4 is 66.2 Å². The molecule has 55 heavy (non-hydrogen) atoms. The van der Waals surface area contributed by atoms with Crippen LogP contribution in [-0.4, -0.2) is 10.8 Å². The number of hydrogen-bond donors (Lipinski definition) is 0. The molecule has 6 aromatic carbocycles. The summed E-state index contributed by atoms with van der Waals surface area (Å²) in [5.74, 6) is -7.84. The number of fused-ring (bicyclic) bond motifs is 1.